The van der Waals surface area contributed by atoms with Gasteiger partial charge in [-0.05, 0) is 37.1 Å². The average Bonchev–Trinajstić information content (AvgIpc) is 2.39. The molecule has 0 radical (unpaired) electrons. The molecule has 0 spiro atoms. The molecule has 1 amide bonds. The van der Waals surface area contributed by atoms with E-state index >= 15 is 0 Å². The fourth-order valence-corrected chi connectivity index (χ4v) is 2.04. The van der Waals surface area contributed by atoms with Crippen molar-refractivity contribution in [2.75, 3.05) is 5.32 Å². The van der Waals surface area contributed by atoms with Crippen molar-refractivity contribution >= 4 is 17.6 Å². The maximum atomic E-state index is 12.1. The Kier molecular flexibility index (Phi) is 6.06. The van der Waals surface area contributed by atoms with Gasteiger partial charge in [0.1, 0.15) is 0 Å². The number of amides is 1. The van der Waals surface area contributed by atoms with E-state index in [0.717, 1.165) is 25.7 Å². The largest absolute Gasteiger partial charge is 0.478 e. The number of carbonyl (C=O) groups is 2. The lowest BCUT2D eigenvalue weighted by molar-refractivity contribution is -0.120. The van der Waals surface area contributed by atoms with E-state index in [-0.39, 0.29) is 17.4 Å². The third-order valence-corrected chi connectivity index (χ3v) is 3.04. The molecule has 1 rings (SSSR count). The Bertz CT molecular complexity index is 420. The molecule has 0 saturated carbocycles. The molecule has 19 heavy (non-hydrogen) atoms. The molecule has 1 aromatic rings. The van der Waals surface area contributed by atoms with Gasteiger partial charge in [0.15, 0.2) is 0 Å². The topological polar surface area (TPSA) is 66.4 Å². The molecule has 2 N–H and O–H groups in total. The van der Waals surface area contributed by atoms with Crippen molar-refractivity contribution in [2.45, 2.75) is 39.5 Å². The number of nitrogens with one attached hydrogen (secondary N) is 1. The first kappa shape index (κ1) is 15.2. The minimum absolute atomic E-state index is 0.0202. The van der Waals surface area contributed by atoms with Crippen LogP contribution in [0.3, 0.4) is 0 Å². The first-order valence-electron chi connectivity index (χ1n) is 6.72. The predicted molar refractivity (Wildman–Crippen MR) is 75.3 cm³/mol. The van der Waals surface area contributed by atoms with Crippen molar-refractivity contribution in [1.29, 1.82) is 0 Å². The van der Waals surface area contributed by atoms with E-state index in [1.807, 2.05) is 0 Å². The lowest BCUT2D eigenvalue weighted by atomic mass is 9.97. The van der Waals surface area contributed by atoms with Crippen LogP contribution in [-0.4, -0.2) is 17.0 Å². The second-order valence-corrected chi connectivity index (χ2v) is 4.65. The van der Waals surface area contributed by atoms with Gasteiger partial charge in [-0.25, -0.2) is 4.79 Å². The smallest absolute Gasteiger partial charge is 0.335 e. The summed E-state index contributed by atoms with van der Waals surface area (Å²) in [5.41, 5.74) is 0.865. The second-order valence-electron chi connectivity index (χ2n) is 4.65. The molecule has 0 saturated heterocycles. The summed E-state index contributed by atoms with van der Waals surface area (Å²) in [4.78, 5) is 22.8. The fourth-order valence-electron chi connectivity index (χ4n) is 2.04. The summed E-state index contributed by atoms with van der Waals surface area (Å²) >= 11 is 0. The van der Waals surface area contributed by atoms with Crippen molar-refractivity contribution in [3.63, 3.8) is 0 Å². The Morgan fingerprint density at radius 2 is 1.63 bits per heavy atom. The molecular weight excluding hydrogens is 242 g/mol. The van der Waals surface area contributed by atoms with Crippen LogP contribution in [0.15, 0.2) is 24.3 Å². The molecule has 0 heterocycles. The summed E-state index contributed by atoms with van der Waals surface area (Å²) in [7, 11) is 0. The molecule has 0 atom stereocenters. The van der Waals surface area contributed by atoms with E-state index in [1.165, 1.54) is 12.1 Å². The number of benzene rings is 1. The Morgan fingerprint density at radius 3 is 2.05 bits per heavy atom. The van der Waals surface area contributed by atoms with Crippen molar-refractivity contribution in [2.24, 2.45) is 5.92 Å². The van der Waals surface area contributed by atoms with Crippen LogP contribution in [0.1, 0.15) is 49.9 Å². The van der Waals surface area contributed by atoms with Crippen LogP contribution in [0.4, 0.5) is 5.69 Å². The van der Waals surface area contributed by atoms with Gasteiger partial charge < -0.3 is 10.4 Å². The summed E-state index contributed by atoms with van der Waals surface area (Å²) in [6.07, 6.45) is 3.73. The number of anilines is 1. The highest BCUT2D eigenvalue weighted by molar-refractivity contribution is 5.93. The van der Waals surface area contributed by atoms with Gasteiger partial charge in [-0.15, -0.1) is 0 Å². The molecule has 104 valence electrons. The molecule has 0 bridgehead atoms. The minimum Gasteiger partial charge on any atom is -0.478 e. The first-order valence-corrected chi connectivity index (χ1v) is 6.72. The van der Waals surface area contributed by atoms with Gasteiger partial charge in [0.05, 0.1) is 5.56 Å². The van der Waals surface area contributed by atoms with Crippen LogP contribution in [0, 0.1) is 5.92 Å². The van der Waals surface area contributed by atoms with Gasteiger partial charge >= 0.3 is 5.97 Å². The number of aromatic carboxylic acids is 1. The van der Waals surface area contributed by atoms with Crippen LogP contribution >= 0.6 is 0 Å². The Balaban J connectivity index is 2.66. The van der Waals surface area contributed by atoms with Crippen molar-refractivity contribution in [3.05, 3.63) is 29.8 Å². The number of rotatable bonds is 7. The molecule has 0 aliphatic rings. The maximum absolute atomic E-state index is 12.1. The average molecular weight is 263 g/mol. The Hall–Kier alpha value is -1.84. The zero-order valence-electron chi connectivity index (χ0n) is 11.5. The first-order chi connectivity index (χ1) is 9.08. The van der Waals surface area contributed by atoms with E-state index in [9.17, 15) is 9.59 Å². The van der Waals surface area contributed by atoms with Gasteiger partial charge in [0.25, 0.3) is 0 Å². The standard InChI is InChI=1S/C15H21NO3/c1-3-5-11(6-4-2)14(17)16-13-9-7-12(8-10-13)15(18)19/h7-11H,3-6H2,1-2H3,(H,16,17)(H,18,19). The lowest BCUT2D eigenvalue weighted by Crippen LogP contribution is -2.22. The third-order valence-electron chi connectivity index (χ3n) is 3.04. The zero-order chi connectivity index (χ0) is 14.3. The summed E-state index contributed by atoms with van der Waals surface area (Å²) in [6, 6.07) is 6.23. The number of carbonyl (C=O) groups excluding carboxylic acids is 1. The van der Waals surface area contributed by atoms with Crippen LogP contribution < -0.4 is 5.32 Å². The van der Waals surface area contributed by atoms with Gasteiger partial charge in [0.2, 0.25) is 5.91 Å². The number of hydrogen-bond donors (Lipinski definition) is 2. The normalized spacial score (nSPS) is 10.5. The van der Waals surface area contributed by atoms with Gasteiger partial charge in [0, 0.05) is 11.6 Å². The molecular formula is C15H21NO3. The summed E-state index contributed by atoms with van der Waals surface area (Å²) in [5.74, 6) is -0.909. The summed E-state index contributed by atoms with van der Waals surface area (Å²) in [5, 5.41) is 11.6. The van der Waals surface area contributed by atoms with Gasteiger partial charge in [-0.3, -0.25) is 4.79 Å². The monoisotopic (exact) mass is 263 g/mol. The molecule has 0 aliphatic carbocycles. The summed E-state index contributed by atoms with van der Waals surface area (Å²) < 4.78 is 0. The van der Waals surface area contributed by atoms with Crippen LogP contribution in [0.2, 0.25) is 0 Å². The van der Waals surface area contributed by atoms with E-state index < -0.39 is 5.97 Å². The Labute approximate surface area is 113 Å². The van der Waals surface area contributed by atoms with Gasteiger partial charge in [-0.2, -0.15) is 0 Å². The third kappa shape index (κ3) is 4.73. The molecule has 0 unspecified atom stereocenters. The van der Waals surface area contributed by atoms with Crippen LogP contribution in [0.5, 0.6) is 0 Å². The summed E-state index contributed by atoms with van der Waals surface area (Å²) in [6.45, 7) is 4.13. The molecule has 0 fully saturated rings. The Morgan fingerprint density at radius 1 is 1.11 bits per heavy atom. The number of carboxylic acid groups (broad SMARTS) is 1. The van der Waals surface area contributed by atoms with E-state index in [0.29, 0.717) is 5.69 Å². The number of hydrogen-bond acceptors (Lipinski definition) is 2. The van der Waals surface area contributed by atoms with Crippen molar-refractivity contribution < 1.29 is 14.7 Å². The molecule has 0 aromatic heterocycles. The van der Waals surface area contributed by atoms with E-state index in [4.69, 9.17) is 5.11 Å². The van der Waals surface area contributed by atoms with Crippen molar-refractivity contribution in [3.8, 4) is 0 Å². The lowest BCUT2D eigenvalue weighted by Gasteiger charge is -2.15. The zero-order valence-corrected chi connectivity index (χ0v) is 11.5. The van der Waals surface area contributed by atoms with E-state index in [2.05, 4.69) is 19.2 Å². The predicted octanol–water partition coefficient (Wildman–Crippen LogP) is 3.54. The minimum atomic E-state index is -0.965. The molecule has 4 heteroatoms. The fraction of sp³-hybridized carbons (Fsp3) is 0.467. The highest BCUT2D eigenvalue weighted by Gasteiger charge is 2.16. The molecule has 0 aliphatic heterocycles. The van der Waals surface area contributed by atoms with Crippen LogP contribution in [-0.2, 0) is 4.79 Å². The molecule has 4 nitrogen and oxygen atoms in total. The van der Waals surface area contributed by atoms with Crippen molar-refractivity contribution in [1.82, 2.24) is 0 Å². The van der Waals surface area contributed by atoms with Gasteiger partial charge in [-0.1, -0.05) is 26.7 Å². The maximum Gasteiger partial charge on any atom is 0.335 e. The van der Waals surface area contributed by atoms with E-state index in [1.54, 1.807) is 12.1 Å². The van der Waals surface area contributed by atoms with Crippen LogP contribution in [0.25, 0.3) is 0 Å². The SMILES string of the molecule is CCCC(CCC)C(=O)Nc1ccc(C(=O)O)cc1. The molecule has 1 aromatic carbocycles. The number of carboxylic acids is 1. The highest BCUT2D eigenvalue weighted by Crippen LogP contribution is 2.17. The highest BCUT2D eigenvalue weighted by atomic mass is 16.4. The quantitative estimate of drug-likeness (QED) is 0.790. The second kappa shape index (κ2) is 7.56.